The minimum atomic E-state index is -0.451. The number of hydrogen-bond acceptors (Lipinski definition) is 13. The molecule has 13 rings (SSSR count). The largest absolute Gasteiger partial charge is 0.497 e. The van der Waals surface area contributed by atoms with Gasteiger partial charge in [0.2, 0.25) is 0 Å². The number of rotatable bonds is 4. The lowest BCUT2D eigenvalue weighted by Gasteiger charge is -2.32. The van der Waals surface area contributed by atoms with Crippen LogP contribution in [-0.2, 0) is 35.0 Å². The molecule has 19 nitrogen and oxygen atoms in total. The molecule has 6 aromatic heterocycles. The number of para-hydroxylation sites is 2. The smallest absolute Gasteiger partial charge is 0.411 e. The van der Waals surface area contributed by atoms with Crippen LogP contribution in [0.25, 0.3) is 33.3 Å². The number of fused-ring (bicyclic) bond motifs is 6. The second kappa shape index (κ2) is 26.6. The zero-order chi connectivity index (χ0) is 62.8. The molecule has 9 N–H and O–H groups in total. The van der Waals surface area contributed by atoms with E-state index in [1.165, 1.54) is 5.69 Å². The maximum absolute atomic E-state index is 12.3. The third kappa shape index (κ3) is 15.6. The molecule has 1 fully saturated rings. The van der Waals surface area contributed by atoms with Crippen LogP contribution in [0.3, 0.4) is 0 Å². The zero-order valence-corrected chi connectivity index (χ0v) is 56.5. The summed E-state index contributed by atoms with van der Waals surface area (Å²) in [5.74, 6) is 1.87. The molecule has 2 amide bonds. The lowest BCUT2D eigenvalue weighted by Crippen LogP contribution is -2.41. The first kappa shape index (κ1) is 64.8. The first-order chi connectivity index (χ1) is 41.1. The number of aromatic amines is 4. The number of benzene rings is 2. The number of aromatic nitrogens is 8. The summed E-state index contributed by atoms with van der Waals surface area (Å²) in [4.78, 5) is 67.0. The monoisotopic (exact) mass is 1370 g/mol. The fraction of sp³-hybridized carbons (Fsp3) is 0.438. The molecule has 0 atom stereocenters. The van der Waals surface area contributed by atoms with Gasteiger partial charge < -0.3 is 55.7 Å². The molecule has 0 saturated carbocycles. The number of Topliss-reactive ketones (excluding diaryl/α,β-unsaturated/α-hetero) is 1. The van der Waals surface area contributed by atoms with E-state index >= 15 is 0 Å². The zero-order valence-electron chi connectivity index (χ0n) is 51.7. The highest BCUT2D eigenvalue weighted by atomic mass is 79.9. The van der Waals surface area contributed by atoms with E-state index in [2.05, 4.69) is 163 Å². The van der Waals surface area contributed by atoms with E-state index in [1.807, 2.05) is 74.5 Å². The van der Waals surface area contributed by atoms with Crippen LogP contribution in [0.15, 0.2) is 79.6 Å². The van der Waals surface area contributed by atoms with Crippen molar-refractivity contribution in [1.82, 2.24) is 50.5 Å². The van der Waals surface area contributed by atoms with Crippen molar-refractivity contribution < 1.29 is 28.9 Å². The van der Waals surface area contributed by atoms with Gasteiger partial charge in [0.05, 0.1) is 69.8 Å². The normalized spacial score (nSPS) is 17.2. The third-order valence-corrected chi connectivity index (χ3v) is 17.0. The van der Waals surface area contributed by atoms with E-state index in [0.717, 1.165) is 192 Å². The van der Waals surface area contributed by atoms with Gasteiger partial charge in [0, 0.05) is 81.2 Å². The van der Waals surface area contributed by atoms with Crippen LogP contribution in [-0.4, -0.2) is 111 Å². The summed E-state index contributed by atoms with van der Waals surface area (Å²) in [7, 11) is -0.451. The van der Waals surface area contributed by atoms with Gasteiger partial charge in [0.1, 0.15) is 17.2 Å². The molecule has 0 unspecified atom stereocenters. The quantitative estimate of drug-likeness (QED) is 0.0453. The lowest BCUT2D eigenvalue weighted by molar-refractivity contribution is 0.00578. The molecule has 0 bridgehead atoms. The molecule has 2 aromatic carbocycles. The Morgan fingerprint density at radius 2 is 1.00 bits per heavy atom. The van der Waals surface area contributed by atoms with Crippen molar-refractivity contribution in [3.8, 4) is 11.3 Å². The number of carbonyl (C=O) groups excluding carboxylic acids is 3. The first-order valence-corrected chi connectivity index (χ1v) is 32.1. The topological polar surface area (TPSA) is 265 Å². The Labute approximate surface area is 534 Å². The fourth-order valence-corrected chi connectivity index (χ4v) is 12.2. The van der Waals surface area contributed by atoms with Gasteiger partial charge in [-0.3, -0.25) is 14.4 Å². The molecule has 3 aliphatic heterocycles. The van der Waals surface area contributed by atoms with Gasteiger partial charge >= 0.3 is 7.12 Å². The van der Waals surface area contributed by atoms with Crippen molar-refractivity contribution in [2.24, 2.45) is 5.16 Å². The van der Waals surface area contributed by atoms with Crippen molar-refractivity contribution in [3.05, 3.63) is 131 Å². The fourth-order valence-electron chi connectivity index (χ4n) is 10.8. The van der Waals surface area contributed by atoms with Crippen LogP contribution in [0.4, 0.5) is 11.6 Å². The predicted molar refractivity (Wildman–Crippen MR) is 356 cm³/mol. The molecule has 0 radical (unpaired) electrons. The molecule has 9 heterocycles. The van der Waals surface area contributed by atoms with Gasteiger partial charge in [-0.25, -0.2) is 19.9 Å². The standard InChI is InChI=1S/C21H25N5O.C19H28BN3O2.2C8H9BrN2O.C8H8BrNO/c1-12-19(26-21(2,3)4)25-18-13(7-5-8-16(18)23-12)17-11-14-15(24-17)9-6-10-22-20(14)27;1-12-16(23-17(2,3)4)22-15-13(10-9-11-14(15)21-12)20-24-18(5,6)19(7,8)25-20;9-7-4-5-6(11-7)2-1-3-10-8(5)12;9-8-4-5-6(10-8)2-1-3-7(5)11-12;9-8-4-5-6(10-8)2-1-3-7(5)11/h5,7-8,11,24H,6,9-10H2,1-4H3,(H,22,27)(H,25,26);9-11H,1-8H3,(H,22,23);4,11H,1-3H2,(H,10,12);4,10,12H,1-3H2;4,10H,1-3H2. The first-order valence-electron chi connectivity index (χ1n) is 29.7. The van der Waals surface area contributed by atoms with Crippen molar-refractivity contribution >= 4 is 117 Å². The number of anilines is 2. The van der Waals surface area contributed by atoms with Crippen LogP contribution in [0.1, 0.15) is 179 Å². The summed E-state index contributed by atoms with van der Waals surface area (Å²) in [5, 5.41) is 24.6. The van der Waals surface area contributed by atoms with Crippen LogP contribution in [0.2, 0.25) is 0 Å². The lowest BCUT2D eigenvalue weighted by atomic mass is 9.78. The third-order valence-electron chi connectivity index (χ3n) is 15.7. The minimum absolute atomic E-state index is 0.0118. The minimum Gasteiger partial charge on any atom is -0.411 e. The van der Waals surface area contributed by atoms with Gasteiger partial charge in [0.25, 0.3) is 11.8 Å². The summed E-state index contributed by atoms with van der Waals surface area (Å²) in [6.45, 7) is 26.3. The summed E-state index contributed by atoms with van der Waals surface area (Å²) >= 11 is 9.98. The Bertz CT molecular complexity index is 3870. The molecule has 0 spiro atoms. The van der Waals surface area contributed by atoms with E-state index in [0.29, 0.717) is 6.42 Å². The number of amides is 2. The van der Waals surface area contributed by atoms with Crippen LogP contribution < -0.4 is 26.7 Å². The van der Waals surface area contributed by atoms with Gasteiger partial charge in [-0.15, -0.1) is 0 Å². The molecule has 23 heteroatoms. The molecule has 8 aromatic rings. The number of hydrogen-bond donors (Lipinski definition) is 9. The molecule has 2 aliphatic carbocycles. The van der Waals surface area contributed by atoms with Crippen molar-refractivity contribution in [1.29, 1.82) is 0 Å². The highest BCUT2D eigenvalue weighted by molar-refractivity contribution is 9.11. The second-order valence-corrected chi connectivity index (χ2v) is 28.1. The van der Waals surface area contributed by atoms with Gasteiger partial charge in [-0.05, 0) is 225 Å². The van der Waals surface area contributed by atoms with Gasteiger partial charge in [-0.2, -0.15) is 0 Å². The number of halogens is 3. The van der Waals surface area contributed by atoms with E-state index < -0.39 is 7.12 Å². The Kier molecular flexibility index (Phi) is 19.8. The highest BCUT2D eigenvalue weighted by Crippen LogP contribution is 2.38. The maximum atomic E-state index is 12.3. The summed E-state index contributed by atoms with van der Waals surface area (Å²) < 4.78 is 15.2. The van der Waals surface area contributed by atoms with Crippen molar-refractivity contribution in [2.45, 2.75) is 170 Å². The Balaban J connectivity index is 0.000000137. The molecule has 460 valence electrons. The SMILES string of the molecule is Cc1nc2cccc(-c3cc4c([nH]3)CCCNC4=O)c2nc1NC(C)(C)C.Cc1nc2cccc(B3OC(C)(C)C(C)(C)O3)c2nc1NC(C)(C)C.O=C1CCCc2[nH]c(Br)cc21.O=C1NCCCc2[nH]c(Br)cc21.ON=C1CCCc2[nH]c(Br)cc21. The average Bonchev–Trinajstić information content (AvgIpc) is 1.81. The van der Waals surface area contributed by atoms with Gasteiger partial charge in [0.15, 0.2) is 5.78 Å². The van der Waals surface area contributed by atoms with E-state index in [1.54, 1.807) is 0 Å². The summed E-state index contributed by atoms with van der Waals surface area (Å²) in [5.41, 5.74) is 15.4. The van der Waals surface area contributed by atoms with Crippen LogP contribution >= 0.6 is 47.8 Å². The van der Waals surface area contributed by atoms with E-state index in [4.69, 9.17) is 34.5 Å². The summed E-state index contributed by atoms with van der Waals surface area (Å²) in [6.07, 6.45) is 9.41. The van der Waals surface area contributed by atoms with Gasteiger partial charge in [-0.1, -0.05) is 29.4 Å². The Hall–Kier alpha value is -6.66. The molecular formula is C64H79BBr3N13O6. The van der Waals surface area contributed by atoms with Crippen LogP contribution in [0, 0.1) is 13.8 Å². The molecular weight excluding hydrogens is 1300 g/mol. The second-order valence-electron chi connectivity index (χ2n) is 25.5. The Morgan fingerprint density at radius 3 is 1.54 bits per heavy atom. The number of H-pyrrole nitrogens is 4. The Morgan fingerprint density at radius 1 is 0.552 bits per heavy atom. The maximum Gasteiger partial charge on any atom is 0.497 e. The highest BCUT2D eigenvalue weighted by Gasteiger charge is 2.52. The molecule has 5 aliphatic rings. The molecule has 87 heavy (non-hydrogen) atoms. The number of ketones is 1. The van der Waals surface area contributed by atoms with Crippen molar-refractivity contribution in [3.63, 3.8) is 0 Å². The van der Waals surface area contributed by atoms with Crippen LogP contribution in [0.5, 0.6) is 0 Å². The molecule has 1 saturated heterocycles. The summed E-state index contributed by atoms with van der Waals surface area (Å²) in [6, 6.07) is 19.5. The van der Waals surface area contributed by atoms with E-state index in [9.17, 15) is 14.4 Å². The predicted octanol–water partition coefficient (Wildman–Crippen LogP) is 13.3. The van der Waals surface area contributed by atoms with Crippen molar-refractivity contribution in [2.75, 3.05) is 23.7 Å². The number of nitrogens with zero attached hydrogens (tertiary/aromatic N) is 5. The number of oxime groups is 1. The van der Waals surface area contributed by atoms with E-state index in [-0.39, 0.29) is 39.9 Å². The number of carbonyl (C=O) groups is 3. The number of aryl methyl sites for hydroxylation is 6. The average molecular weight is 1380 g/mol. The number of nitrogens with one attached hydrogen (secondary N) is 8.